The quantitative estimate of drug-likeness (QED) is 0.597. The maximum Gasteiger partial charge on any atom is 0.279 e. The number of rotatable bonds is 8. The molecule has 7 heteroatoms. The minimum atomic E-state index is -0.233. The van der Waals surface area contributed by atoms with Crippen molar-refractivity contribution in [3.63, 3.8) is 0 Å². The topological polar surface area (TPSA) is 81.3 Å². The van der Waals surface area contributed by atoms with Crippen LogP contribution in [0.5, 0.6) is 0 Å². The number of hydrogen-bond acceptors (Lipinski definition) is 4. The molecule has 29 heavy (non-hydrogen) atoms. The van der Waals surface area contributed by atoms with Crippen LogP contribution in [-0.2, 0) is 17.8 Å². The Morgan fingerprint density at radius 2 is 2.03 bits per heavy atom. The molecule has 1 aromatic carbocycles. The van der Waals surface area contributed by atoms with Crippen LogP contribution in [0.2, 0.25) is 0 Å². The molecule has 0 aliphatic carbocycles. The number of amides is 1. The summed E-state index contributed by atoms with van der Waals surface area (Å²) in [4.78, 5) is 29.9. The minimum absolute atomic E-state index is 0.0583. The van der Waals surface area contributed by atoms with Crippen molar-refractivity contribution in [3.05, 3.63) is 64.6 Å². The molecule has 0 saturated carbocycles. The molecule has 1 N–H and O–H groups in total. The van der Waals surface area contributed by atoms with Crippen molar-refractivity contribution in [2.45, 2.75) is 52.6 Å². The van der Waals surface area contributed by atoms with Gasteiger partial charge in [-0.1, -0.05) is 43.3 Å². The summed E-state index contributed by atoms with van der Waals surface area (Å²) in [5.74, 6) is 0.905. The number of nitrogens with one attached hydrogen (secondary N) is 1. The summed E-state index contributed by atoms with van der Waals surface area (Å²) in [5.41, 5.74) is 1.96. The molecule has 0 aliphatic rings. The van der Waals surface area contributed by atoms with Crippen molar-refractivity contribution in [3.8, 4) is 11.4 Å². The van der Waals surface area contributed by atoms with Crippen molar-refractivity contribution >= 4 is 11.7 Å². The van der Waals surface area contributed by atoms with Gasteiger partial charge in [0.15, 0.2) is 5.82 Å². The number of hydrogen-bond donors (Lipinski definition) is 1. The fourth-order valence-corrected chi connectivity index (χ4v) is 3.24. The SMILES string of the molecule is C=CCn1c(C)c(CCC(=O)N[C@H](C)CC)c(=O)n2nc(-c3ccccc3)nc12. The van der Waals surface area contributed by atoms with Gasteiger partial charge in [-0.25, -0.2) is 0 Å². The smallest absolute Gasteiger partial charge is 0.279 e. The monoisotopic (exact) mass is 393 g/mol. The number of benzene rings is 1. The molecule has 1 atom stereocenters. The Kier molecular flexibility index (Phi) is 6.26. The van der Waals surface area contributed by atoms with Gasteiger partial charge in [-0.15, -0.1) is 11.7 Å². The van der Waals surface area contributed by atoms with E-state index in [0.29, 0.717) is 30.1 Å². The van der Waals surface area contributed by atoms with Crippen LogP contribution in [0, 0.1) is 6.92 Å². The predicted octanol–water partition coefficient (Wildman–Crippen LogP) is 2.90. The van der Waals surface area contributed by atoms with Crippen LogP contribution >= 0.6 is 0 Å². The Morgan fingerprint density at radius 1 is 1.31 bits per heavy atom. The molecular formula is C22H27N5O2. The number of carbonyl (C=O) groups excluding carboxylic acids is 1. The summed E-state index contributed by atoms with van der Waals surface area (Å²) >= 11 is 0. The Balaban J connectivity index is 2.03. The van der Waals surface area contributed by atoms with Crippen LogP contribution < -0.4 is 10.9 Å². The molecule has 152 valence electrons. The first kappa shape index (κ1) is 20.5. The van der Waals surface area contributed by atoms with Gasteiger partial charge in [0.1, 0.15) is 0 Å². The maximum atomic E-state index is 13.1. The van der Waals surface area contributed by atoms with E-state index in [2.05, 4.69) is 22.0 Å². The van der Waals surface area contributed by atoms with Gasteiger partial charge in [0.2, 0.25) is 11.7 Å². The summed E-state index contributed by atoms with van der Waals surface area (Å²) < 4.78 is 3.25. The van der Waals surface area contributed by atoms with Crippen molar-refractivity contribution in [1.82, 2.24) is 24.5 Å². The molecule has 0 aliphatic heterocycles. The fraction of sp³-hybridized carbons (Fsp3) is 0.364. The second-order valence-corrected chi connectivity index (χ2v) is 7.16. The maximum absolute atomic E-state index is 13.1. The lowest BCUT2D eigenvalue weighted by Crippen LogP contribution is -2.33. The van der Waals surface area contributed by atoms with Gasteiger partial charge in [0.25, 0.3) is 5.56 Å². The molecule has 3 rings (SSSR count). The third kappa shape index (κ3) is 4.29. The van der Waals surface area contributed by atoms with E-state index in [1.165, 1.54) is 4.52 Å². The van der Waals surface area contributed by atoms with Crippen LogP contribution in [0.1, 0.15) is 37.9 Å². The van der Waals surface area contributed by atoms with Crippen molar-refractivity contribution in [2.24, 2.45) is 0 Å². The third-order valence-corrected chi connectivity index (χ3v) is 5.09. The van der Waals surface area contributed by atoms with Crippen LogP contribution in [0.4, 0.5) is 0 Å². The largest absolute Gasteiger partial charge is 0.354 e. The van der Waals surface area contributed by atoms with Crippen LogP contribution in [-0.4, -0.2) is 31.1 Å². The van der Waals surface area contributed by atoms with Gasteiger partial charge in [0.05, 0.1) is 0 Å². The summed E-state index contributed by atoms with van der Waals surface area (Å²) in [7, 11) is 0. The molecule has 7 nitrogen and oxygen atoms in total. The van der Waals surface area contributed by atoms with Crippen molar-refractivity contribution in [1.29, 1.82) is 0 Å². The van der Waals surface area contributed by atoms with E-state index in [9.17, 15) is 9.59 Å². The lowest BCUT2D eigenvalue weighted by atomic mass is 10.1. The van der Waals surface area contributed by atoms with Gasteiger partial charge in [-0.3, -0.25) is 9.59 Å². The molecule has 1 amide bonds. The van der Waals surface area contributed by atoms with Gasteiger partial charge in [-0.2, -0.15) is 9.50 Å². The number of allylic oxidation sites excluding steroid dienone is 1. The lowest BCUT2D eigenvalue weighted by Gasteiger charge is -2.15. The molecule has 2 heterocycles. The zero-order chi connectivity index (χ0) is 21.0. The zero-order valence-corrected chi connectivity index (χ0v) is 17.2. The minimum Gasteiger partial charge on any atom is -0.354 e. The van der Waals surface area contributed by atoms with Crippen LogP contribution in [0.3, 0.4) is 0 Å². The fourth-order valence-electron chi connectivity index (χ4n) is 3.24. The zero-order valence-electron chi connectivity index (χ0n) is 17.2. The molecule has 3 aromatic rings. The average Bonchev–Trinajstić information content (AvgIpc) is 3.17. The Hall–Kier alpha value is -3.22. The molecule has 0 unspecified atom stereocenters. The molecule has 0 radical (unpaired) electrons. The number of nitrogens with zero attached hydrogens (tertiary/aromatic N) is 4. The Labute approximate surface area is 170 Å². The van der Waals surface area contributed by atoms with E-state index in [-0.39, 0.29) is 23.9 Å². The first-order chi connectivity index (χ1) is 14.0. The van der Waals surface area contributed by atoms with E-state index in [1.54, 1.807) is 6.08 Å². The van der Waals surface area contributed by atoms with Crippen LogP contribution in [0.25, 0.3) is 17.2 Å². The molecule has 0 saturated heterocycles. The third-order valence-electron chi connectivity index (χ3n) is 5.09. The Bertz CT molecular complexity index is 1080. The van der Waals surface area contributed by atoms with E-state index in [4.69, 9.17) is 0 Å². The first-order valence-electron chi connectivity index (χ1n) is 9.91. The van der Waals surface area contributed by atoms with Gasteiger partial charge >= 0.3 is 0 Å². The molecular weight excluding hydrogens is 366 g/mol. The normalized spacial score (nSPS) is 12.1. The van der Waals surface area contributed by atoms with E-state index >= 15 is 0 Å². The lowest BCUT2D eigenvalue weighted by molar-refractivity contribution is -0.121. The molecule has 0 bridgehead atoms. The van der Waals surface area contributed by atoms with Gasteiger partial charge in [-0.05, 0) is 26.7 Å². The number of aromatic nitrogens is 4. The van der Waals surface area contributed by atoms with Crippen molar-refractivity contribution in [2.75, 3.05) is 0 Å². The summed E-state index contributed by atoms with van der Waals surface area (Å²) in [6.45, 7) is 10.2. The highest BCUT2D eigenvalue weighted by Gasteiger charge is 2.19. The highest BCUT2D eigenvalue weighted by atomic mass is 16.1. The standard InChI is InChI=1S/C22H27N5O2/c1-5-14-26-16(4)18(12-13-19(28)23-15(3)6-2)21(29)27-22(26)24-20(25-27)17-10-8-7-9-11-17/h5,7-11,15H,1,6,12-14H2,2-4H3,(H,23,28)/t15-/m1/s1. The first-order valence-corrected chi connectivity index (χ1v) is 9.91. The summed E-state index contributed by atoms with van der Waals surface area (Å²) in [6, 6.07) is 9.66. The van der Waals surface area contributed by atoms with E-state index in [1.807, 2.05) is 55.7 Å². The molecule has 0 spiro atoms. The molecule has 2 aromatic heterocycles. The highest BCUT2D eigenvalue weighted by molar-refractivity contribution is 5.76. The number of fused-ring (bicyclic) bond motifs is 1. The average molecular weight is 393 g/mol. The molecule has 0 fully saturated rings. The Morgan fingerprint density at radius 3 is 2.69 bits per heavy atom. The van der Waals surface area contributed by atoms with E-state index < -0.39 is 0 Å². The van der Waals surface area contributed by atoms with E-state index in [0.717, 1.165) is 17.7 Å². The van der Waals surface area contributed by atoms with Gasteiger partial charge < -0.3 is 9.88 Å². The van der Waals surface area contributed by atoms with Gasteiger partial charge in [0, 0.05) is 35.8 Å². The predicted molar refractivity (Wildman–Crippen MR) is 114 cm³/mol. The second-order valence-electron chi connectivity index (χ2n) is 7.16. The number of carbonyl (C=O) groups is 1. The van der Waals surface area contributed by atoms with Crippen molar-refractivity contribution < 1.29 is 4.79 Å². The van der Waals surface area contributed by atoms with Crippen LogP contribution in [0.15, 0.2) is 47.8 Å². The summed E-state index contributed by atoms with van der Waals surface area (Å²) in [5, 5.41) is 7.40. The second kappa shape index (κ2) is 8.86. The highest BCUT2D eigenvalue weighted by Crippen LogP contribution is 2.17. The summed E-state index contributed by atoms with van der Waals surface area (Å²) in [6.07, 6.45) is 3.22.